The molecule has 15 heavy (non-hydrogen) atoms. The Kier molecular flexibility index (Phi) is 4.86. The van der Waals surface area contributed by atoms with Crippen LogP contribution in [0.5, 0.6) is 0 Å². The molecule has 0 radical (unpaired) electrons. The standard InChI is InChI=1S/C11H22N2O2/c1-2-6-12(5-1)9-14-11-15-10-13-7-3-4-8-13/h1-11H2. The molecule has 4 heteroatoms. The molecule has 2 fully saturated rings. The topological polar surface area (TPSA) is 24.9 Å². The Hall–Kier alpha value is -0.160. The van der Waals surface area contributed by atoms with Crippen LogP contribution in [0.1, 0.15) is 25.7 Å². The Morgan fingerprint density at radius 1 is 0.667 bits per heavy atom. The van der Waals surface area contributed by atoms with Crippen LogP contribution in [0, 0.1) is 0 Å². The summed E-state index contributed by atoms with van der Waals surface area (Å²) in [6, 6.07) is 0. The third-order valence-electron chi connectivity index (χ3n) is 3.11. The number of rotatable bonds is 6. The van der Waals surface area contributed by atoms with Crippen molar-refractivity contribution in [3.05, 3.63) is 0 Å². The lowest BCUT2D eigenvalue weighted by Gasteiger charge is -2.17. The second-order valence-electron chi connectivity index (χ2n) is 4.43. The predicted molar refractivity (Wildman–Crippen MR) is 58.4 cm³/mol. The molecule has 2 aliphatic rings. The van der Waals surface area contributed by atoms with Crippen molar-refractivity contribution in [2.75, 3.05) is 46.4 Å². The van der Waals surface area contributed by atoms with Crippen molar-refractivity contribution in [3.8, 4) is 0 Å². The Balaban J connectivity index is 1.41. The van der Waals surface area contributed by atoms with Crippen LogP contribution in [0.25, 0.3) is 0 Å². The first-order chi connectivity index (χ1) is 7.45. The van der Waals surface area contributed by atoms with E-state index >= 15 is 0 Å². The molecule has 0 spiro atoms. The number of hydrogen-bond donors (Lipinski definition) is 0. The minimum absolute atomic E-state index is 0.438. The van der Waals surface area contributed by atoms with Gasteiger partial charge in [-0.1, -0.05) is 0 Å². The molecule has 0 atom stereocenters. The van der Waals surface area contributed by atoms with Gasteiger partial charge in [0.2, 0.25) is 0 Å². The molecule has 2 saturated heterocycles. The minimum Gasteiger partial charge on any atom is -0.340 e. The van der Waals surface area contributed by atoms with E-state index in [1.807, 2.05) is 0 Å². The Bertz CT molecular complexity index is 148. The highest BCUT2D eigenvalue weighted by molar-refractivity contribution is 4.62. The van der Waals surface area contributed by atoms with Crippen LogP contribution in [-0.4, -0.2) is 56.2 Å². The van der Waals surface area contributed by atoms with Crippen LogP contribution in [0.4, 0.5) is 0 Å². The third-order valence-corrected chi connectivity index (χ3v) is 3.11. The van der Waals surface area contributed by atoms with Crippen molar-refractivity contribution < 1.29 is 9.47 Å². The van der Waals surface area contributed by atoms with Crippen LogP contribution in [0.3, 0.4) is 0 Å². The van der Waals surface area contributed by atoms with Gasteiger partial charge in [0.1, 0.15) is 20.3 Å². The monoisotopic (exact) mass is 214 g/mol. The van der Waals surface area contributed by atoms with E-state index in [1.165, 1.54) is 51.9 Å². The van der Waals surface area contributed by atoms with Gasteiger partial charge >= 0.3 is 0 Å². The van der Waals surface area contributed by atoms with Crippen LogP contribution in [0.15, 0.2) is 0 Å². The summed E-state index contributed by atoms with van der Waals surface area (Å²) in [4.78, 5) is 4.67. The summed E-state index contributed by atoms with van der Waals surface area (Å²) < 4.78 is 10.9. The van der Waals surface area contributed by atoms with Crippen LogP contribution < -0.4 is 0 Å². The smallest absolute Gasteiger partial charge is 0.150 e. The van der Waals surface area contributed by atoms with Crippen molar-refractivity contribution in [1.82, 2.24) is 9.80 Å². The zero-order chi connectivity index (χ0) is 10.3. The predicted octanol–water partition coefficient (Wildman–Crippen LogP) is 1.08. The third kappa shape index (κ3) is 4.07. The molecule has 0 aliphatic carbocycles. The molecule has 2 rings (SSSR count). The molecular formula is C11H22N2O2. The van der Waals surface area contributed by atoms with E-state index in [9.17, 15) is 0 Å². The highest BCUT2D eigenvalue weighted by atomic mass is 16.7. The molecule has 0 bridgehead atoms. The summed E-state index contributed by atoms with van der Waals surface area (Å²) in [5, 5.41) is 0. The first kappa shape index (κ1) is 11.3. The first-order valence-electron chi connectivity index (χ1n) is 6.05. The Labute approximate surface area is 92.1 Å². The molecule has 2 aliphatic heterocycles. The summed E-state index contributed by atoms with van der Waals surface area (Å²) >= 11 is 0. The van der Waals surface area contributed by atoms with E-state index < -0.39 is 0 Å². The van der Waals surface area contributed by atoms with Crippen molar-refractivity contribution in [1.29, 1.82) is 0 Å². The normalized spacial score (nSPS) is 24.0. The van der Waals surface area contributed by atoms with Gasteiger partial charge in [-0.25, -0.2) is 0 Å². The van der Waals surface area contributed by atoms with E-state index in [4.69, 9.17) is 9.47 Å². The lowest BCUT2D eigenvalue weighted by Crippen LogP contribution is -2.26. The molecule has 0 unspecified atom stereocenters. The second kappa shape index (κ2) is 6.43. The molecule has 0 aromatic rings. The maximum atomic E-state index is 5.45. The molecule has 0 amide bonds. The average Bonchev–Trinajstić information content (AvgIpc) is 2.88. The van der Waals surface area contributed by atoms with Gasteiger partial charge in [-0.15, -0.1) is 0 Å². The molecule has 4 nitrogen and oxygen atoms in total. The first-order valence-corrected chi connectivity index (χ1v) is 6.05. The van der Waals surface area contributed by atoms with Gasteiger partial charge in [0.25, 0.3) is 0 Å². The fraction of sp³-hybridized carbons (Fsp3) is 1.00. The number of nitrogens with zero attached hydrogens (tertiary/aromatic N) is 2. The maximum absolute atomic E-state index is 5.45. The molecular weight excluding hydrogens is 192 g/mol. The minimum atomic E-state index is 0.438. The highest BCUT2D eigenvalue weighted by Crippen LogP contribution is 2.07. The average molecular weight is 214 g/mol. The molecule has 88 valence electrons. The summed E-state index contributed by atoms with van der Waals surface area (Å²) in [5.74, 6) is 0. The van der Waals surface area contributed by atoms with E-state index in [-0.39, 0.29) is 0 Å². The van der Waals surface area contributed by atoms with Crippen LogP contribution >= 0.6 is 0 Å². The van der Waals surface area contributed by atoms with Gasteiger partial charge in [-0.2, -0.15) is 0 Å². The molecule has 0 aromatic carbocycles. The van der Waals surface area contributed by atoms with Crippen molar-refractivity contribution in [2.45, 2.75) is 25.7 Å². The van der Waals surface area contributed by atoms with E-state index in [0.717, 1.165) is 13.5 Å². The SMILES string of the molecule is C1CCN(COCOCN2CCCC2)C1. The zero-order valence-electron chi connectivity index (χ0n) is 9.49. The van der Waals surface area contributed by atoms with Gasteiger partial charge in [-0.05, 0) is 25.7 Å². The molecule has 0 aromatic heterocycles. The van der Waals surface area contributed by atoms with Crippen molar-refractivity contribution in [3.63, 3.8) is 0 Å². The summed E-state index contributed by atoms with van der Waals surface area (Å²) in [5.41, 5.74) is 0. The van der Waals surface area contributed by atoms with E-state index in [1.54, 1.807) is 0 Å². The maximum Gasteiger partial charge on any atom is 0.150 e. The van der Waals surface area contributed by atoms with Gasteiger partial charge < -0.3 is 9.47 Å². The summed E-state index contributed by atoms with van der Waals surface area (Å²) in [7, 11) is 0. The summed E-state index contributed by atoms with van der Waals surface area (Å²) in [6.45, 7) is 6.66. The number of likely N-dealkylation sites (tertiary alicyclic amines) is 2. The van der Waals surface area contributed by atoms with Gasteiger partial charge in [0.15, 0.2) is 0 Å². The highest BCUT2D eigenvalue weighted by Gasteiger charge is 2.12. The lowest BCUT2D eigenvalue weighted by molar-refractivity contribution is -0.109. The number of hydrogen-bond acceptors (Lipinski definition) is 4. The number of ether oxygens (including phenoxy) is 2. The Morgan fingerprint density at radius 2 is 1.07 bits per heavy atom. The fourth-order valence-corrected chi connectivity index (χ4v) is 2.22. The van der Waals surface area contributed by atoms with Gasteiger partial charge in [0, 0.05) is 26.2 Å². The van der Waals surface area contributed by atoms with Crippen LogP contribution in [0.2, 0.25) is 0 Å². The van der Waals surface area contributed by atoms with E-state index in [2.05, 4.69) is 9.80 Å². The van der Waals surface area contributed by atoms with Crippen molar-refractivity contribution >= 4 is 0 Å². The fourth-order valence-electron chi connectivity index (χ4n) is 2.22. The van der Waals surface area contributed by atoms with E-state index in [0.29, 0.717) is 6.79 Å². The zero-order valence-corrected chi connectivity index (χ0v) is 9.49. The lowest BCUT2D eigenvalue weighted by atomic mass is 10.4. The largest absolute Gasteiger partial charge is 0.340 e. The van der Waals surface area contributed by atoms with Gasteiger partial charge in [-0.3, -0.25) is 9.80 Å². The molecule has 2 heterocycles. The summed E-state index contributed by atoms with van der Waals surface area (Å²) in [6.07, 6.45) is 5.27. The quantitative estimate of drug-likeness (QED) is 0.488. The van der Waals surface area contributed by atoms with Crippen molar-refractivity contribution in [2.24, 2.45) is 0 Å². The second-order valence-corrected chi connectivity index (χ2v) is 4.43. The molecule has 0 saturated carbocycles. The Morgan fingerprint density at radius 3 is 1.47 bits per heavy atom. The van der Waals surface area contributed by atoms with Gasteiger partial charge in [0.05, 0.1) is 0 Å². The van der Waals surface area contributed by atoms with Crippen LogP contribution in [-0.2, 0) is 9.47 Å². The molecule has 0 N–H and O–H groups in total.